The van der Waals surface area contributed by atoms with E-state index in [4.69, 9.17) is 0 Å². The van der Waals surface area contributed by atoms with E-state index in [1.54, 1.807) is 6.92 Å². The van der Waals surface area contributed by atoms with E-state index in [9.17, 15) is 5.11 Å². The van der Waals surface area contributed by atoms with Gasteiger partial charge in [0.15, 0.2) is 0 Å². The molecule has 1 aliphatic rings. The number of nitrogens with zero attached hydrogens (tertiary/aromatic N) is 2. The van der Waals surface area contributed by atoms with Gasteiger partial charge >= 0.3 is 0 Å². The summed E-state index contributed by atoms with van der Waals surface area (Å²) < 4.78 is 0. The second-order valence-electron chi connectivity index (χ2n) is 5.54. The van der Waals surface area contributed by atoms with Crippen molar-refractivity contribution in [3.8, 4) is 0 Å². The van der Waals surface area contributed by atoms with Crippen LogP contribution < -0.4 is 4.90 Å². The maximum atomic E-state index is 9.54. The van der Waals surface area contributed by atoms with Crippen molar-refractivity contribution in [2.45, 2.75) is 38.8 Å². The highest BCUT2D eigenvalue weighted by Crippen LogP contribution is 2.23. The quantitative estimate of drug-likeness (QED) is 0.903. The fourth-order valence-electron chi connectivity index (χ4n) is 2.82. The van der Waals surface area contributed by atoms with Crippen LogP contribution in [-0.4, -0.2) is 42.7 Å². The lowest BCUT2D eigenvalue weighted by Crippen LogP contribution is -2.43. The van der Waals surface area contributed by atoms with E-state index in [1.165, 1.54) is 38.2 Å². The first kappa shape index (κ1) is 14.4. The molecule has 3 heteroatoms. The highest BCUT2D eigenvalue weighted by atomic mass is 16.3. The Labute approximate surface area is 116 Å². The molecule has 1 atom stereocenters. The van der Waals surface area contributed by atoms with E-state index in [-0.39, 0.29) is 6.10 Å². The molecule has 2 rings (SSSR count). The van der Waals surface area contributed by atoms with Crippen molar-refractivity contribution in [2.75, 3.05) is 31.6 Å². The van der Waals surface area contributed by atoms with E-state index in [0.717, 1.165) is 5.56 Å². The third kappa shape index (κ3) is 3.48. The van der Waals surface area contributed by atoms with E-state index in [0.29, 0.717) is 6.04 Å². The highest BCUT2D eigenvalue weighted by molar-refractivity contribution is 5.48. The van der Waals surface area contributed by atoms with Crippen LogP contribution >= 0.6 is 0 Å². The fourth-order valence-corrected chi connectivity index (χ4v) is 2.82. The molecule has 1 aliphatic heterocycles. The van der Waals surface area contributed by atoms with Crippen LogP contribution in [-0.2, 0) is 0 Å². The van der Waals surface area contributed by atoms with Crippen molar-refractivity contribution in [1.82, 2.24) is 4.90 Å². The van der Waals surface area contributed by atoms with Crippen molar-refractivity contribution >= 4 is 5.69 Å². The summed E-state index contributed by atoms with van der Waals surface area (Å²) in [5.74, 6) is 0. The van der Waals surface area contributed by atoms with Gasteiger partial charge in [-0.05, 0) is 44.0 Å². The van der Waals surface area contributed by atoms with Crippen LogP contribution in [0.4, 0.5) is 5.69 Å². The molecule has 0 unspecified atom stereocenters. The van der Waals surface area contributed by atoms with Gasteiger partial charge in [0, 0.05) is 31.9 Å². The first-order chi connectivity index (χ1) is 9.11. The van der Waals surface area contributed by atoms with Crippen molar-refractivity contribution in [2.24, 2.45) is 0 Å². The summed E-state index contributed by atoms with van der Waals surface area (Å²) >= 11 is 0. The van der Waals surface area contributed by atoms with Crippen molar-refractivity contribution in [3.05, 3.63) is 29.8 Å². The standard InChI is InChI=1S/C16H26N2O/c1-4-18-11-9-16(10-12-18)17(3)15-7-5-14(6-8-15)13(2)19/h5-8,13,16,19H,4,9-12H2,1-3H3/t13-/m1/s1. The molecule has 0 aromatic heterocycles. The van der Waals surface area contributed by atoms with Crippen LogP contribution in [0.5, 0.6) is 0 Å². The average Bonchev–Trinajstić information content (AvgIpc) is 2.46. The van der Waals surface area contributed by atoms with Gasteiger partial charge in [-0.1, -0.05) is 19.1 Å². The fraction of sp³-hybridized carbons (Fsp3) is 0.625. The molecule has 1 aromatic rings. The first-order valence-electron chi connectivity index (χ1n) is 7.35. The van der Waals surface area contributed by atoms with Gasteiger partial charge < -0.3 is 14.9 Å². The topological polar surface area (TPSA) is 26.7 Å². The van der Waals surface area contributed by atoms with Gasteiger partial charge in [0.1, 0.15) is 0 Å². The molecule has 0 saturated carbocycles. The Hall–Kier alpha value is -1.06. The van der Waals surface area contributed by atoms with Crippen LogP contribution in [0.1, 0.15) is 38.4 Å². The van der Waals surface area contributed by atoms with E-state index in [1.807, 2.05) is 12.1 Å². The normalized spacial score (nSPS) is 19.4. The minimum Gasteiger partial charge on any atom is -0.389 e. The predicted molar refractivity (Wildman–Crippen MR) is 80.6 cm³/mol. The van der Waals surface area contributed by atoms with Gasteiger partial charge in [-0.2, -0.15) is 0 Å². The Balaban J connectivity index is 1.97. The molecule has 1 heterocycles. The number of aliphatic hydroxyl groups excluding tert-OH is 1. The molecule has 1 fully saturated rings. The Morgan fingerprint density at radius 3 is 2.32 bits per heavy atom. The maximum absolute atomic E-state index is 9.54. The summed E-state index contributed by atoms with van der Waals surface area (Å²) in [5, 5.41) is 9.54. The number of aliphatic hydroxyl groups is 1. The number of anilines is 1. The van der Waals surface area contributed by atoms with Gasteiger partial charge in [0.2, 0.25) is 0 Å². The molecule has 0 radical (unpaired) electrons. The van der Waals surface area contributed by atoms with Crippen molar-refractivity contribution in [1.29, 1.82) is 0 Å². The number of benzene rings is 1. The van der Waals surface area contributed by atoms with Crippen molar-refractivity contribution < 1.29 is 5.11 Å². The molecule has 0 aliphatic carbocycles. The van der Waals surface area contributed by atoms with Gasteiger partial charge in [-0.15, -0.1) is 0 Å². The minimum atomic E-state index is -0.382. The summed E-state index contributed by atoms with van der Waals surface area (Å²) in [6.45, 7) is 7.62. The molecular weight excluding hydrogens is 236 g/mol. The summed E-state index contributed by atoms with van der Waals surface area (Å²) in [4.78, 5) is 4.90. The van der Waals surface area contributed by atoms with E-state index < -0.39 is 0 Å². The summed E-state index contributed by atoms with van der Waals surface area (Å²) in [6, 6.07) is 8.93. The second kappa shape index (κ2) is 6.40. The average molecular weight is 262 g/mol. The monoisotopic (exact) mass is 262 g/mol. The molecule has 1 saturated heterocycles. The zero-order valence-electron chi connectivity index (χ0n) is 12.3. The summed E-state index contributed by atoms with van der Waals surface area (Å²) in [7, 11) is 2.18. The zero-order valence-corrected chi connectivity index (χ0v) is 12.3. The molecule has 106 valence electrons. The smallest absolute Gasteiger partial charge is 0.0761 e. The lowest BCUT2D eigenvalue weighted by Gasteiger charge is -2.37. The number of piperidine rings is 1. The lowest BCUT2D eigenvalue weighted by molar-refractivity contribution is 0.199. The SMILES string of the molecule is CCN1CCC(N(C)c2ccc([C@@H](C)O)cc2)CC1. The van der Waals surface area contributed by atoms with E-state index in [2.05, 4.69) is 35.9 Å². The summed E-state index contributed by atoms with van der Waals surface area (Å²) in [6.07, 6.45) is 2.09. The molecule has 0 spiro atoms. The van der Waals surface area contributed by atoms with Gasteiger partial charge in [0.25, 0.3) is 0 Å². The number of likely N-dealkylation sites (tertiary alicyclic amines) is 1. The second-order valence-corrected chi connectivity index (χ2v) is 5.54. The largest absolute Gasteiger partial charge is 0.389 e. The Bertz CT molecular complexity index is 380. The third-order valence-electron chi connectivity index (χ3n) is 4.33. The molecule has 1 N–H and O–H groups in total. The molecule has 0 amide bonds. The minimum absolute atomic E-state index is 0.382. The predicted octanol–water partition coefficient (Wildman–Crippen LogP) is 2.66. The summed E-state index contributed by atoms with van der Waals surface area (Å²) in [5.41, 5.74) is 2.23. The molecule has 1 aromatic carbocycles. The molecule has 19 heavy (non-hydrogen) atoms. The van der Waals surface area contributed by atoms with Crippen LogP contribution in [0, 0.1) is 0 Å². The van der Waals surface area contributed by atoms with Gasteiger partial charge in [-0.3, -0.25) is 0 Å². The van der Waals surface area contributed by atoms with Gasteiger partial charge in [-0.25, -0.2) is 0 Å². The number of rotatable bonds is 4. The Kier molecular flexibility index (Phi) is 4.83. The zero-order chi connectivity index (χ0) is 13.8. The maximum Gasteiger partial charge on any atom is 0.0761 e. The number of hydrogen-bond donors (Lipinski definition) is 1. The van der Waals surface area contributed by atoms with Crippen LogP contribution in [0.3, 0.4) is 0 Å². The van der Waals surface area contributed by atoms with Crippen LogP contribution in [0.2, 0.25) is 0 Å². The van der Waals surface area contributed by atoms with Gasteiger partial charge in [0.05, 0.1) is 6.10 Å². The highest BCUT2D eigenvalue weighted by Gasteiger charge is 2.21. The molecule has 3 nitrogen and oxygen atoms in total. The van der Waals surface area contributed by atoms with Crippen LogP contribution in [0.25, 0.3) is 0 Å². The number of hydrogen-bond acceptors (Lipinski definition) is 3. The molecule has 0 bridgehead atoms. The molecular formula is C16H26N2O. The first-order valence-corrected chi connectivity index (χ1v) is 7.35. The lowest BCUT2D eigenvalue weighted by atomic mass is 10.0. The third-order valence-corrected chi connectivity index (χ3v) is 4.33. The van der Waals surface area contributed by atoms with E-state index >= 15 is 0 Å². The van der Waals surface area contributed by atoms with Crippen LogP contribution in [0.15, 0.2) is 24.3 Å². The van der Waals surface area contributed by atoms with Crippen molar-refractivity contribution in [3.63, 3.8) is 0 Å². The Morgan fingerprint density at radius 1 is 1.26 bits per heavy atom. The Morgan fingerprint density at radius 2 is 1.84 bits per heavy atom.